The summed E-state index contributed by atoms with van der Waals surface area (Å²) < 4.78 is 1.85. The zero-order valence-electron chi connectivity index (χ0n) is 10.6. The summed E-state index contributed by atoms with van der Waals surface area (Å²) >= 11 is 1.73. The molecule has 0 radical (unpaired) electrons. The Hall–Kier alpha value is -1.20. The van der Waals surface area contributed by atoms with Gasteiger partial charge in [0.05, 0.1) is 12.7 Å². The average Bonchev–Trinajstić information content (AvgIpc) is 2.85. The van der Waals surface area contributed by atoms with Crippen LogP contribution in [-0.4, -0.2) is 33.3 Å². The van der Waals surface area contributed by atoms with Crippen LogP contribution in [0.3, 0.4) is 0 Å². The monoisotopic (exact) mass is 250 g/mol. The fourth-order valence-electron chi connectivity index (χ4n) is 1.71. The van der Waals surface area contributed by atoms with E-state index in [1.807, 2.05) is 24.9 Å². The first kappa shape index (κ1) is 12.3. The summed E-state index contributed by atoms with van der Waals surface area (Å²) in [5, 5.41) is 7.46. The Bertz CT molecular complexity index is 474. The van der Waals surface area contributed by atoms with Gasteiger partial charge in [-0.15, -0.1) is 11.3 Å². The molecule has 0 bridgehead atoms. The Labute approximate surface area is 106 Å². The highest BCUT2D eigenvalue weighted by Crippen LogP contribution is 2.11. The van der Waals surface area contributed by atoms with E-state index in [4.69, 9.17) is 0 Å². The highest BCUT2D eigenvalue weighted by Gasteiger charge is 2.05. The number of hydrogen-bond donors (Lipinski definition) is 0. The number of nitrogens with zero attached hydrogens (tertiary/aromatic N) is 4. The van der Waals surface area contributed by atoms with Gasteiger partial charge in [0.25, 0.3) is 0 Å². The lowest BCUT2D eigenvalue weighted by molar-refractivity contribution is 0.330. The quantitative estimate of drug-likeness (QED) is 0.812. The summed E-state index contributed by atoms with van der Waals surface area (Å²) in [6.07, 6.45) is 5.04. The minimum Gasteiger partial charge on any atom is -0.299 e. The van der Waals surface area contributed by atoms with Crippen LogP contribution in [0.2, 0.25) is 0 Å². The van der Waals surface area contributed by atoms with Crippen molar-refractivity contribution in [2.45, 2.75) is 19.9 Å². The van der Waals surface area contributed by atoms with E-state index < -0.39 is 0 Å². The third kappa shape index (κ3) is 3.64. The molecule has 0 fully saturated rings. The molecule has 0 N–H and O–H groups in total. The molecular weight excluding hydrogens is 232 g/mol. The number of thiazole rings is 1. The lowest BCUT2D eigenvalue weighted by atomic mass is 10.2. The minimum absolute atomic E-state index is 0.929. The van der Waals surface area contributed by atoms with Crippen molar-refractivity contribution in [1.82, 2.24) is 19.7 Å². The van der Waals surface area contributed by atoms with Crippen molar-refractivity contribution >= 4 is 11.3 Å². The molecule has 0 aliphatic carbocycles. The lowest BCUT2D eigenvalue weighted by Crippen LogP contribution is -2.20. The molecule has 5 heteroatoms. The SMILES string of the molecule is Cc1csc(CN(C)CCc2cnn(C)c2)n1. The Kier molecular flexibility index (Phi) is 3.91. The Morgan fingerprint density at radius 3 is 2.88 bits per heavy atom. The zero-order valence-corrected chi connectivity index (χ0v) is 11.4. The maximum atomic E-state index is 4.47. The molecule has 0 atom stereocenters. The van der Waals surface area contributed by atoms with Gasteiger partial charge in [-0.2, -0.15) is 5.10 Å². The molecule has 0 saturated heterocycles. The first-order chi connectivity index (χ1) is 8.13. The van der Waals surface area contributed by atoms with Crippen LogP contribution in [-0.2, 0) is 20.0 Å². The van der Waals surface area contributed by atoms with E-state index in [1.54, 1.807) is 11.3 Å². The molecule has 0 aromatic carbocycles. The van der Waals surface area contributed by atoms with Crippen LogP contribution in [0.25, 0.3) is 0 Å². The molecule has 2 rings (SSSR count). The van der Waals surface area contributed by atoms with Crippen LogP contribution < -0.4 is 0 Å². The normalized spacial score (nSPS) is 11.3. The highest BCUT2D eigenvalue weighted by atomic mass is 32.1. The first-order valence-electron chi connectivity index (χ1n) is 5.70. The van der Waals surface area contributed by atoms with Gasteiger partial charge < -0.3 is 0 Å². The molecule has 2 aromatic heterocycles. The van der Waals surface area contributed by atoms with Crippen molar-refractivity contribution < 1.29 is 0 Å². The van der Waals surface area contributed by atoms with Crippen LogP contribution in [0, 0.1) is 6.92 Å². The summed E-state index contributed by atoms with van der Waals surface area (Å²) in [5.41, 5.74) is 2.40. The highest BCUT2D eigenvalue weighted by molar-refractivity contribution is 7.09. The van der Waals surface area contributed by atoms with Crippen molar-refractivity contribution in [2.75, 3.05) is 13.6 Å². The number of hydrogen-bond acceptors (Lipinski definition) is 4. The molecule has 0 spiro atoms. The largest absolute Gasteiger partial charge is 0.299 e. The Morgan fingerprint density at radius 1 is 1.47 bits per heavy atom. The van der Waals surface area contributed by atoms with Crippen LogP contribution >= 0.6 is 11.3 Å². The van der Waals surface area contributed by atoms with Gasteiger partial charge >= 0.3 is 0 Å². The summed E-state index contributed by atoms with van der Waals surface area (Å²) in [6, 6.07) is 0. The maximum Gasteiger partial charge on any atom is 0.107 e. The fourth-order valence-corrected chi connectivity index (χ4v) is 2.56. The van der Waals surface area contributed by atoms with Gasteiger partial charge in [0, 0.05) is 30.9 Å². The molecule has 0 aliphatic rings. The van der Waals surface area contributed by atoms with Crippen LogP contribution in [0.1, 0.15) is 16.3 Å². The summed E-state index contributed by atoms with van der Waals surface area (Å²) in [4.78, 5) is 6.77. The number of aromatic nitrogens is 3. The van der Waals surface area contributed by atoms with E-state index >= 15 is 0 Å². The average molecular weight is 250 g/mol. The Balaban J connectivity index is 1.79. The summed E-state index contributed by atoms with van der Waals surface area (Å²) in [5.74, 6) is 0. The zero-order chi connectivity index (χ0) is 12.3. The van der Waals surface area contributed by atoms with Crippen LogP contribution in [0.4, 0.5) is 0 Å². The molecule has 92 valence electrons. The molecule has 0 saturated carbocycles. The molecule has 2 heterocycles. The molecular formula is C12H18N4S. The molecule has 17 heavy (non-hydrogen) atoms. The van der Waals surface area contributed by atoms with Gasteiger partial charge in [-0.1, -0.05) is 0 Å². The second-order valence-corrected chi connectivity index (χ2v) is 5.34. The summed E-state index contributed by atoms with van der Waals surface area (Å²) in [6.45, 7) is 4.00. The smallest absolute Gasteiger partial charge is 0.107 e. The van der Waals surface area contributed by atoms with Crippen molar-refractivity contribution in [2.24, 2.45) is 7.05 Å². The van der Waals surface area contributed by atoms with E-state index in [9.17, 15) is 0 Å². The number of rotatable bonds is 5. The Morgan fingerprint density at radius 2 is 2.29 bits per heavy atom. The van der Waals surface area contributed by atoms with Crippen LogP contribution in [0.15, 0.2) is 17.8 Å². The molecule has 0 unspecified atom stereocenters. The number of aryl methyl sites for hydroxylation is 2. The van der Waals surface area contributed by atoms with E-state index in [0.717, 1.165) is 25.2 Å². The maximum absolute atomic E-state index is 4.47. The van der Waals surface area contributed by atoms with Crippen molar-refractivity contribution in [3.63, 3.8) is 0 Å². The second kappa shape index (κ2) is 5.42. The van der Waals surface area contributed by atoms with Gasteiger partial charge in [-0.05, 0) is 26.0 Å². The fraction of sp³-hybridized carbons (Fsp3) is 0.500. The molecule has 0 amide bonds. The third-order valence-electron chi connectivity index (χ3n) is 2.61. The van der Waals surface area contributed by atoms with Crippen molar-refractivity contribution in [1.29, 1.82) is 0 Å². The van der Waals surface area contributed by atoms with Gasteiger partial charge in [0.2, 0.25) is 0 Å². The van der Waals surface area contributed by atoms with E-state index in [1.165, 1.54) is 10.6 Å². The predicted octanol–water partition coefficient (Wildman–Crippen LogP) is 1.86. The first-order valence-corrected chi connectivity index (χ1v) is 6.58. The van der Waals surface area contributed by atoms with Crippen molar-refractivity contribution in [3.05, 3.63) is 34.0 Å². The van der Waals surface area contributed by atoms with Gasteiger partial charge in [-0.3, -0.25) is 9.58 Å². The predicted molar refractivity (Wildman–Crippen MR) is 70.1 cm³/mol. The van der Waals surface area contributed by atoms with E-state index in [0.29, 0.717) is 0 Å². The van der Waals surface area contributed by atoms with Gasteiger partial charge in [0.15, 0.2) is 0 Å². The topological polar surface area (TPSA) is 34.0 Å². The summed E-state index contributed by atoms with van der Waals surface area (Å²) in [7, 11) is 4.08. The second-order valence-electron chi connectivity index (χ2n) is 4.39. The molecule has 0 aliphatic heterocycles. The van der Waals surface area contributed by atoms with Crippen molar-refractivity contribution in [3.8, 4) is 0 Å². The van der Waals surface area contributed by atoms with Crippen LogP contribution in [0.5, 0.6) is 0 Å². The third-order valence-corrected chi connectivity index (χ3v) is 3.56. The number of likely N-dealkylation sites (N-methyl/N-ethyl adjacent to an activating group) is 1. The van der Waals surface area contributed by atoms with E-state index in [2.05, 4.69) is 33.6 Å². The lowest BCUT2D eigenvalue weighted by Gasteiger charge is -2.13. The van der Waals surface area contributed by atoms with Gasteiger partial charge in [0.1, 0.15) is 5.01 Å². The minimum atomic E-state index is 0.929. The van der Waals surface area contributed by atoms with E-state index in [-0.39, 0.29) is 0 Å². The molecule has 4 nitrogen and oxygen atoms in total. The van der Waals surface area contributed by atoms with Gasteiger partial charge in [-0.25, -0.2) is 4.98 Å². The standard InChI is InChI=1S/C12H18N4S/c1-10-9-17-12(14-10)8-15(2)5-4-11-6-13-16(3)7-11/h6-7,9H,4-5,8H2,1-3H3. The molecule has 2 aromatic rings.